The number of piperidine rings is 1. The lowest BCUT2D eigenvalue weighted by Crippen LogP contribution is -2.39. The second-order valence-electron chi connectivity index (χ2n) is 4.61. The van der Waals surface area contributed by atoms with Crippen LogP contribution in [0.2, 0.25) is 0 Å². The molecule has 1 aliphatic heterocycles. The van der Waals surface area contributed by atoms with Crippen molar-refractivity contribution in [2.45, 2.75) is 19.5 Å². The molecule has 0 saturated carbocycles. The molecule has 1 saturated heterocycles. The van der Waals surface area contributed by atoms with E-state index in [2.05, 4.69) is 0 Å². The summed E-state index contributed by atoms with van der Waals surface area (Å²) >= 11 is 0. The first kappa shape index (κ1) is 12.9. The van der Waals surface area contributed by atoms with Crippen molar-refractivity contribution in [2.75, 3.05) is 18.0 Å². The van der Waals surface area contributed by atoms with E-state index in [1.54, 1.807) is 0 Å². The zero-order valence-electron chi connectivity index (χ0n) is 10.00. The summed E-state index contributed by atoms with van der Waals surface area (Å²) in [5.74, 6) is 0.166. The number of ketones is 1. The van der Waals surface area contributed by atoms with Crippen LogP contribution >= 0.6 is 0 Å². The van der Waals surface area contributed by atoms with Gasteiger partial charge in [-0.25, -0.2) is 0 Å². The summed E-state index contributed by atoms with van der Waals surface area (Å²) in [6, 6.07) is 5.09. The van der Waals surface area contributed by atoms with Gasteiger partial charge >= 0.3 is 6.18 Å². The van der Waals surface area contributed by atoms with Crippen LogP contribution in [0.3, 0.4) is 0 Å². The van der Waals surface area contributed by atoms with Crippen molar-refractivity contribution in [1.29, 1.82) is 0 Å². The quantitative estimate of drug-likeness (QED) is 0.770. The summed E-state index contributed by atoms with van der Waals surface area (Å²) in [6.07, 6.45) is -3.84. The molecule has 98 valence electrons. The van der Waals surface area contributed by atoms with Crippen LogP contribution in [0.1, 0.15) is 18.9 Å². The maximum Gasteiger partial charge on any atom is 0.416 e. The van der Waals surface area contributed by atoms with Crippen LogP contribution in [-0.2, 0) is 11.0 Å². The third kappa shape index (κ3) is 2.66. The molecule has 1 aliphatic rings. The lowest BCUT2D eigenvalue weighted by Gasteiger charge is -2.32. The molecule has 18 heavy (non-hydrogen) atoms. The van der Waals surface area contributed by atoms with Gasteiger partial charge in [0.25, 0.3) is 0 Å². The predicted molar refractivity (Wildman–Crippen MR) is 62.4 cm³/mol. The van der Waals surface area contributed by atoms with Crippen molar-refractivity contribution in [2.24, 2.45) is 5.92 Å². The zero-order valence-corrected chi connectivity index (χ0v) is 10.00. The highest BCUT2D eigenvalue weighted by molar-refractivity contribution is 5.83. The van der Waals surface area contributed by atoms with Gasteiger partial charge in [-0.1, -0.05) is 6.92 Å². The number of hydrogen-bond acceptors (Lipinski definition) is 2. The first-order chi connectivity index (χ1) is 8.38. The third-order valence-corrected chi connectivity index (χ3v) is 3.23. The van der Waals surface area contributed by atoms with E-state index in [-0.39, 0.29) is 11.7 Å². The van der Waals surface area contributed by atoms with Crippen molar-refractivity contribution < 1.29 is 18.0 Å². The van der Waals surface area contributed by atoms with Crippen molar-refractivity contribution in [3.8, 4) is 0 Å². The van der Waals surface area contributed by atoms with E-state index in [1.807, 2.05) is 11.8 Å². The number of hydrogen-bond donors (Lipinski definition) is 0. The Hall–Kier alpha value is -1.52. The van der Waals surface area contributed by atoms with Gasteiger partial charge in [-0.15, -0.1) is 0 Å². The molecule has 1 aromatic rings. The van der Waals surface area contributed by atoms with Crippen LogP contribution < -0.4 is 4.90 Å². The Labute approximate surface area is 103 Å². The Morgan fingerprint density at radius 1 is 1.22 bits per heavy atom. The Morgan fingerprint density at radius 2 is 1.83 bits per heavy atom. The SMILES string of the molecule is CC1CN(c2ccc(C(F)(F)F)cc2)CCC1=O. The summed E-state index contributed by atoms with van der Waals surface area (Å²) in [5.41, 5.74) is 0.0923. The molecule has 1 aromatic carbocycles. The first-order valence-electron chi connectivity index (χ1n) is 5.83. The average Bonchev–Trinajstić information content (AvgIpc) is 2.32. The van der Waals surface area contributed by atoms with Gasteiger partial charge in [-0.2, -0.15) is 13.2 Å². The van der Waals surface area contributed by atoms with Gasteiger partial charge in [-0.05, 0) is 24.3 Å². The molecule has 0 radical (unpaired) electrons. The molecule has 0 aromatic heterocycles. The maximum absolute atomic E-state index is 12.4. The Kier molecular flexibility index (Phi) is 3.32. The molecule has 1 unspecified atom stereocenters. The number of benzene rings is 1. The summed E-state index contributed by atoms with van der Waals surface area (Å²) in [6.45, 7) is 3.00. The smallest absolute Gasteiger partial charge is 0.370 e. The summed E-state index contributed by atoms with van der Waals surface area (Å²) < 4.78 is 37.3. The maximum atomic E-state index is 12.4. The van der Waals surface area contributed by atoms with Gasteiger partial charge in [-0.3, -0.25) is 4.79 Å². The molecular weight excluding hydrogens is 243 g/mol. The fourth-order valence-electron chi connectivity index (χ4n) is 2.11. The Bertz CT molecular complexity index is 439. The van der Waals surface area contributed by atoms with E-state index in [4.69, 9.17) is 0 Å². The van der Waals surface area contributed by atoms with Crippen molar-refractivity contribution >= 4 is 11.5 Å². The molecule has 0 spiro atoms. The molecule has 2 rings (SSSR count). The monoisotopic (exact) mass is 257 g/mol. The van der Waals surface area contributed by atoms with Crippen LogP contribution in [0.25, 0.3) is 0 Å². The number of carbonyl (C=O) groups excluding carboxylic acids is 1. The normalized spacial score (nSPS) is 21.2. The third-order valence-electron chi connectivity index (χ3n) is 3.23. The molecule has 2 nitrogen and oxygen atoms in total. The minimum Gasteiger partial charge on any atom is -0.370 e. The molecule has 1 heterocycles. The number of alkyl halides is 3. The minimum absolute atomic E-state index is 0.0546. The fraction of sp³-hybridized carbons (Fsp3) is 0.462. The second-order valence-corrected chi connectivity index (χ2v) is 4.61. The van der Waals surface area contributed by atoms with Gasteiger partial charge in [0.05, 0.1) is 5.56 Å². The van der Waals surface area contributed by atoms with E-state index >= 15 is 0 Å². The van der Waals surface area contributed by atoms with E-state index in [0.717, 1.165) is 17.8 Å². The van der Waals surface area contributed by atoms with Crippen LogP contribution in [0.15, 0.2) is 24.3 Å². The standard InChI is InChI=1S/C13H14F3NO/c1-9-8-17(7-6-12(9)18)11-4-2-10(3-5-11)13(14,15)16/h2-5,9H,6-8H2,1H3. The minimum atomic E-state index is -4.30. The number of Topliss-reactive ketones (excluding diaryl/α,β-unsaturated/α-hetero) is 1. The van der Waals surface area contributed by atoms with Crippen molar-refractivity contribution in [3.63, 3.8) is 0 Å². The van der Waals surface area contributed by atoms with Crippen LogP contribution in [0.4, 0.5) is 18.9 Å². The van der Waals surface area contributed by atoms with Crippen LogP contribution in [0, 0.1) is 5.92 Å². The van der Waals surface area contributed by atoms with Gasteiger partial charge < -0.3 is 4.90 Å². The van der Waals surface area contributed by atoms with E-state index in [0.29, 0.717) is 19.5 Å². The lowest BCUT2D eigenvalue weighted by molar-refractivity contribution is -0.137. The van der Waals surface area contributed by atoms with Crippen LogP contribution in [0.5, 0.6) is 0 Å². The van der Waals surface area contributed by atoms with E-state index in [9.17, 15) is 18.0 Å². The molecule has 0 N–H and O–H groups in total. The predicted octanol–water partition coefficient (Wildman–Crippen LogP) is 3.12. The van der Waals surface area contributed by atoms with Gasteiger partial charge in [0.1, 0.15) is 5.78 Å². The van der Waals surface area contributed by atoms with Crippen molar-refractivity contribution in [3.05, 3.63) is 29.8 Å². The van der Waals surface area contributed by atoms with Crippen LogP contribution in [-0.4, -0.2) is 18.9 Å². The molecule has 1 fully saturated rings. The lowest BCUT2D eigenvalue weighted by atomic mass is 9.98. The van der Waals surface area contributed by atoms with Gasteiger partial charge in [0, 0.05) is 31.1 Å². The molecule has 1 atom stereocenters. The molecule has 0 amide bonds. The summed E-state index contributed by atoms with van der Waals surface area (Å²) in [4.78, 5) is 13.3. The highest BCUT2D eigenvalue weighted by Crippen LogP contribution is 2.31. The molecular formula is C13H14F3NO. The average molecular weight is 257 g/mol. The molecule has 5 heteroatoms. The number of anilines is 1. The Balaban J connectivity index is 2.13. The van der Waals surface area contributed by atoms with Gasteiger partial charge in [0.15, 0.2) is 0 Å². The summed E-state index contributed by atoms with van der Waals surface area (Å²) in [7, 11) is 0. The van der Waals surface area contributed by atoms with Gasteiger partial charge in [0.2, 0.25) is 0 Å². The van der Waals surface area contributed by atoms with Crippen molar-refractivity contribution in [1.82, 2.24) is 0 Å². The van der Waals surface area contributed by atoms with E-state index < -0.39 is 11.7 Å². The number of carbonyl (C=O) groups is 1. The highest BCUT2D eigenvalue weighted by atomic mass is 19.4. The first-order valence-corrected chi connectivity index (χ1v) is 5.83. The van der Waals surface area contributed by atoms with E-state index in [1.165, 1.54) is 12.1 Å². The largest absolute Gasteiger partial charge is 0.416 e. The molecule has 0 aliphatic carbocycles. The highest BCUT2D eigenvalue weighted by Gasteiger charge is 2.30. The molecule has 0 bridgehead atoms. The fourth-order valence-corrected chi connectivity index (χ4v) is 2.11. The topological polar surface area (TPSA) is 20.3 Å². The second kappa shape index (κ2) is 4.63. The zero-order chi connectivity index (χ0) is 13.3. The number of nitrogens with zero attached hydrogens (tertiary/aromatic N) is 1. The summed E-state index contributed by atoms with van der Waals surface area (Å²) in [5, 5.41) is 0. The Morgan fingerprint density at radius 3 is 2.33 bits per heavy atom. The number of halogens is 3. The number of rotatable bonds is 1.